The van der Waals surface area contributed by atoms with Gasteiger partial charge in [0.05, 0.1) is 0 Å². The van der Waals surface area contributed by atoms with E-state index >= 15 is 0 Å². The summed E-state index contributed by atoms with van der Waals surface area (Å²) < 4.78 is 16.9. The normalized spacial score (nSPS) is 12.1. The molecular weight excluding hydrogens is 829 g/mol. The number of esters is 3. The molecule has 0 bridgehead atoms. The zero-order valence-electron chi connectivity index (χ0n) is 45.2. The lowest BCUT2D eigenvalue weighted by Crippen LogP contribution is -2.30. The van der Waals surface area contributed by atoms with Gasteiger partial charge in [-0.3, -0.25) is 14.4 Å². The second kappa shape index (κ2) is 56.5. The van der Waals surface area contributed by atoms with Crippen molar-refractivity contribution in [2.75, 3.05) is 13.2 Å². The summed E-state index contributed by atoms with van der Waals surface area (Å²) in [5.74, 6) is -0.853. The lowest BCUT2D eigenvalue weighted by molar-refractivity contribution is -0.167. The maximum absolute atomic E-state index is 12.8. The lowest BCUT2D eigenvalue weighted by Gasteiger charge is -2.18. The Morgan fingerprint density at radius 2 is 0.537 bits per heavy atom. The van der Waals surface area contributed by atoms with Gasteiger partial charge in [0, 0.05) is 19.3 Å². The van der Waals surface area contributed by atoms with Crippen molar-refractivity contribution < 1.29 is 28.6 Å². The van der Waals surface area contributed by atoms with Crippen molar-refractivity contribution in [3.63, 3.8) is 0 Å². The highest BCUT2D eigenvalue weighted by molar-refractivity contribution is 5.71. The molecule has 6 nitrogen and oxygen atoms in total. The molecule has 394 valence electrons. The van der Waals surface area contributed by atoms with Gasteiger partial charge in [0.1, 0.15) is 13.2 Å². The monoisotopic (exact) mass is 943 g/mol. The predicted octanol–water partition coefficient (Wildman–Crippen LogP) is 19.9. The molecule has 0 aliphatic carbocycles. The molecule has 0 saturated heterocycles. The van der Waals surface area contributed by atoms with Crippen LogP contribution in [0.4, 0.5) is 0 Å². The molecule has 0 amide bonds. The van der Waals surface area contributed by atoms with E-state index in [-0.39, 0.29) is 31.1 Å². The van der Waals surface area contributed by atoms with Gasteiger partial charge < -0.3 is 14.2 Å². The van der Waals surface area contributed by atoms with Gasteiger partial charge in [0.2, 0.25) is 0 Å². The molecule has 0 aliphatic heterocycles. The van der Waals surface area contributed by atoms with Crippen LogP contribution in [-0.2, 0) is 28.6 Å². The van der Waals surface area contributed by atoms with E-state index < -0.39 is 6.10 Å². The molecular formula is C61H114O6. The highest BCUT2D eigenvalue weighted by atomic mass is 16.6. The number of ether oxygens (including phenoxy) is 3. The lowest BCUT2D eigenvalue weighted by atomic mass is 10.0. The largest absolute Gasteiger partial charge is 0.462 e. The van der Waals surface area contributed by atoms with Crippen molar-refractivity contribution in [3.05, 3.63) is 24.3 Å². The van der Waals surface area contributed by atoms with Gasteiger partial charge >= 0.3 is 17.9 Å². The highest BCUT2D eigenvalue weighted by Crippen LogP contribution is 2.17. The van der Waals surface area contributed by atoms with E-state index in [4.69, 9.17) is 14.2 Å². The Morgan fingerprint density at radius 1 is 0.299 bits per heavy atom. The van der Waals surface area contributed by atoms with Gasteiger partial charge in [-0.15, -0.1) is 0 Å². The van der Waals surface area contributed by atoms with Crippen molar-refractivity contribution >= 4 is 17.9 Å². The van der Waals surface area contributed by atoms with E-state index in [1.807, 2.05) is 0 Å². The summed E-state index contributed by atoms with van der Waals surface area (Å²) in [7, 11) is 0. The third kappa shape index (κ3) is 54.7. The first-order valence-electron chi connectivity index (χ1n) is 29.8. The Morgan fingerprint density at radius 3 is 0.851 bits per heavy atom. The topological polar surface area (TPSA) is 78.9 Å². The summed E-state index contributed by atoms with van der Waals surface area (Å²) in [6, 6.07) is 0. The van der Waals surface area contributed by atoms with Gasteiger partial charge in [0.25, 0.3) is 0 Å². The Labute approximate surface area is 417 Å². The van der Waals surface area contributed by atoms with Crippen LogP contribution in [0.2, 0.25) is 0 Å². The number of carbonyl (C=O) groups excluding carboxylic acids is 3. The first kappa shape index (κ1) is 64.9. The Bertz CT molecular complexity index is 1080. The van der Waals surface area contributed by atoms with E-state index in [0.717, 1.165) is 70.6 Å². The highest BCUT2D eigenvalue weighted by Gasteiger charge is 2.19. The minimum atomic E-state index is -0.769. The van der Waals surface area contributed by atoms with E-state index in [1.165, 1.54) is 218 Å². The molecule has 0 aliphatic rings. The molecule has 0 heterocycles. The fourth-order valence-electron chi connectivity index (χ4n) is 8.95. The average Bonchev–Trinajstić information content (AvgIpc) is 3.33. The van der Waals surface area contributed by atoms with Crippen LogP contribution in [0.3, 0.4) is 0 Å². The number of unbranched alkanes of at least 4 members (excludes halogenated alkanes) is 40. The number of rotatable bonds is 55. The second-order valence-corrected chi connectivity index (χ2v) is 20.3. The van der Waals surface area contributed by atoms with Crippen LogP contribution in [0.25, 0.3) is 0 Å². The van der Waals surface area contributed by atoms with Gasteiger partial charge in [-0.2, -0.15) is 0 Å². The maximum atomic E-state index is 12.8. The van der Waals surface area contributed by atoms with Crippen LogP contribution in [-0.4, -0.2) is 37.2 Å². The first-order chi connectivity index (χ1) is 33.0. The van der Waals surface area contributed by atoms with Gasteiger partial charge in [-0.1, -0.05) is 283 Å². The molecule has 1 atom stereocenters. The van der Waals surface area contributed by atoms with Crippen molar-refractivity contribution in [2.24, 2.45) is 0 Å². The molecule has 0 aromatic rings. The Balaban J connectivity index is 4.29. The van der Waals surface area contributed by atoms with Crippen molar-refractivity contribution in [1.82, 2.24) is 0 Å². The van der Waals surface area contributed by atoms with E-state index in [1.54, 1.807) is 0 Å². The number of hydrogen-bond acceptors (Lipinski definition) is 6. The Kier molecular flexibility index (Phi) is 54.7. The van der Waals surface area contributed by atoms with Crippen LogP contribution in [0, 0.1) is 0 Å². The van der Waals surface area contributed by atoms with Crippen LogP contribution < -0.4 is 0 Å². The van der Waals surface area contributed by atoms with E-state index in [2.05, 4.69) is 45.1 Å². The van der Waals surface area contributed by atoms with Gasteiger partial charge in [-0.25, -0.2) is 0 Å². The molecule has 0 N–H and O–H groups in total. The molecule has 0 spiro atoms. The third-order valence-electron chi connectivity index (χ3n) is 13.5. The fraction of sp³-hybridized carbons (Fsp3) is 0.885. The van der Waals surface area contributed by atoms with Crippen LogP contribution in [0.15, 0.2) is 24.3 Å². The van der Waals surface area contributed by atoms with Crippen LogP contribution in [0.5, 0.6) is 0 Å². The molecule has 0 aromatic carbocycles. The summed E-state index contributed by atoms with van der Waals surface area (Å²) in [5, 5.41) is 0. The van der Waals surface area contributed by atoms with Crippen molar-refractivity contribution in [1.29, 1.82) is 0 Å². The summed E-state index contributed by atoms with van der Waals surface area (Å²) >= 11 is 0. The minimum Gasteiger partial charge on any atom is -0.462 e. The molecule has 0 aromatic heterocycles. The number of hydrogen-bond donors (Lipinski definition) is 0. The summed E-state index contributed by atoms with van der Waals surface area (Å²) in [6.45, 7) is 6.66. The standard InChI is InChI=1S/C61H114O6/c1-4-7-10-13-16-19-22-25-27-29-30-32-34-37-39-42-45-48-51-54-60(63)66-57-58(67-61(64)55-52-49-46-43-40-35-24-21-18-15-12-9-6-3)56-65-59(62)53-50-47-44-41-38-36-33-31-28-26-23-20-17-14-11-8-5-2/h17,20,26,28,58H,4-16,18-19,21-25,27,29-57H2,1-3H3/b20-17-,28-26-/t58-/m1/s1. The second-order valence-electron chi connectivity index (χ2n) is 20.3. The molecule has 0 rings (SSSR count). The minimum absolute atomic E-state index is 0.0679. The number of allylic oxidation sites excluding steroid dienone is 4. The summed E-state index contributed by atoms with van der Waals surface area (Å²) in [6.07, 6.45) is 66.0. The quantitative estimate of drug-likeness (QED) is 0.0262. The molecule has 0 unspecified atom stereocenters. The molecule has 6 heteroatoms. The van der Waals surface area contributed by atoms with Crippen LogP contribution >= 0.6 is 0 Å². The zero-order valence-corrected chi connectivity index (χ0v) is 45.2. The fourth-order valence-corrected chi connectivity index (χ4v) is 8.95. The molecule has 0 fully saturated rings. The Hall–Kier alpha value is -2.11. The molecule has 67 heavy (non-hydrogen) atoms. The van der Waals surface area contributed by atoms with Gasteiger partial charge in [-0.05, 0) is 51.4 Å². The van der Waals surface area contributed by atoms with E-state index in [0.29, 0.717) is 19.3 Å². The smallest absolute Gasteiger partial charge is 0.306 e. The average molecular weight is 944 g/mol. The van der Waals surface area contributed by atoms with Crippen molar-refractivity contribution in [2.45, 2.75) is 335 Å². The first-order valence-corrected chi connectivity index (χ1v) is 29.8. The third-order valence-corrected chi connectivity index (χ3v) is 13.5. The summed E-state index contributed by atoms with van der Waals surface area (Å²) in [4.78, 5) is 38.2. The predicted molar refractivity (Wildman–Crippen MR) is 289 cm³/mol. The molecule has 0 saturated carbocycles. The zero-order chi connectivity index (χ0) is 48.6. The van der Waals surface area contributed by atoms with Crippen molar-refractivity contribution in [3.8, 4) is 0 Å². The van der Waals surface area contributed by atoms with E-state index in [9.17, 15) is 14.4 Å². The summed E-state index contributed by atoms with van der Waals surface area (Å²) in [5.41, 5.74) is 0. The van der Waals surface area contributed by atoms with Gasteiger partial charge in [0.15, 0.2) is 6.10 Å². The van der Waals surface area contributed by atoms with Crippen LogP contribution in [0.1, 0.15) is 329 Å². The molecule has 0 radical (unpaired) electrons. The SMILES string of the molecule is CCCCC/C=C\C/C=C\CCCCCCCCCC(=O)OC[C@H](COC(=O)CCCCCCCCCCCCCCCCCCCCC)OC(=O)CCCCCCCCCCCCCCC. The maximum Gasteiger partial charge on any atom is 0.306 e. The number of carbonyl (C=O) groups is 3.